The Morgan fingerprint density at radius 3 is 2.23 bits per heavy atom. The van der Waals surface area contributed by atoms with Crippen molar-refractivity contribution in [2.75, 3.05) is 6.54 Å². The Morgan fingerprint density at radius 2 is 1.64 bits per heavy atom. The van der Waals surface area contributed by atoms with Crippen LogP contribution < -0.4 is 5.32 Å². The van der Waals surface area contributed by atoms with Gasteiger partial charge in [0, 0.05) is 13.0 Å². The van der Waals surface area contributed by atoms with Gasteiger partial charge in [0.2, 0.25) is 5.91 Å². The first-order valence-electron chi connectivity index (χ1n) is 7.68. The van der Waals surface area contributed by atoms with E-state index in [4.69, 9.17) is 0 Å². The third-order valence-electron chi connectivity index (χ3n) is 3.87. The van der Waals surface area contributed by atoms with Gasteiger partial charge in [-0.25, -0.2) is 0 Å². The molecule has 0 fully saturated rings. The van der Waals surface area contributed by atoms with Gasteiger partial charge in [-0.3, -0.25) is 4.79 Å². The lowest BCUT2D eigenvalue weighted by Gasteiger charge is -2.24. The summed E-state index contributed by atoms with van der Waals surface area (Å²) in [7, 11) is 0. The highest BCUT2D eigenvalue weighted by Crippen LogP contribution is 2.27. The monoisotopic (exact) mass is 297 g/mol. The topological polar surface area (TPSA) is 49.3 Å². The van der Waals surface area contributed by atoms with E-state index in [-0.39, 0.29) is 5.91 Å². The van der Waals surface area contributed by atoms with Crippen LogP contribution in [0.25, 0.3) is 11.1 Å². The Balaban J connectivity index is 2.04. The van der Waals surface area contributed by atoms with Crippen LogP contribution in [0.15, 0.2) is 54.6 Å². The van der Waals surface area contributed by atoms with E-state index >= 15 is 0 Å². The van der Waals surface area contributed by atoms with Crippen LogP contribution in [0.3, 0.4) is 0 Å². The molecule has 0 spiro atoms. The minimum absolute atomic E-state index is 0.00947. The molecule has 0 saturated carbocycles. The number of hydrogen-bond acceptors (Lipinski definition) is 2. The molecule has 0 aliphatic rings. The molecule has 3 heteroatoms. The van der Waals surface area contributed by atoms with E-state index in [0.29, 0.717) is 19.4 Å². The second-order valence-corrected chi connectivity index (χ2v) is 5.67. The van der Waals surface area contributed by atoms with Gasteiger partial charge in [0.15, 0.2) is 0 Å². The molecule has 116 valence electrons. The van der Waals surface area contributed by atoms with Crippen LogP contribution in [0.1, 0.15) is 32.3 Å². The van der Waals surface area contributed by atoms with Crippen molar-refractivity contribution >= 4 is 5.91 Å². The van der Waals surface area contributed by atoms with Crippen molar-refractivity contribution in [2.24, 2.45) is 0 Å². The second kappa shape index (κ2) is 7.23. The van der Waals surface area contributed by atoms with E-state index in [0.717, 1.165) is 16.7 Å². The maximum Gasteiger partial charge on any atom is 0.219 e. The molecule has 1 amide bonds. The molecule has 0 aromatic heterocycles. The maximum atomic E-state index is 11.2. The standard InChI is InChI=1S/C19H23NO2/c1-3-18(21)20-14-13-19(2,22)17-11-9-16(10-12-17)15-7-5-4-6-8-15/h4-12,22H,3,13-14H2,1-2H3,(H,20,21). The van der Waals surface area contributed by atoms with E-state index in [2.05, 4.69) is 17.4 Å². The van der Waals surface area contributed by atoms with E-state index in [1.165, 1.54) is 0 Å². The summed E-state index contributed by atoms with van der Waals surface area (Å²) in [4.78, 5) is 11.2. The summed E-state index contributed by atoms with van der Waals surface area (Å²) < 4.78 is 0. The van der Waals surface area contributed by atoms with E-state index in [1.807, 2.05) is 49.4 Å². The third kappa shape index (κ3) is 4.18. The Hall–Kier alpha value is -2.13. The van der Waals surface area contributed by atoms with Crippen LogP contribution >= 0.6 is 0 Å². The molecule has 0 aliphatic carbocycles. The number of hydrogen-bond donors (Lipinski definition) is 2. The fourth-order valence-electron chi connectivity index (χ4n) is 2.37. The number of aliphatic hydroxyl groups is 1. The minimum Gasteiger partial charge on any atom is -0.385 e. The van der Waals surface area contributed by atoms with Crippen LogP contribution in [-0.2, 0) is 10.4 Å². The van der Waals surface area contributed by atoms with Gasteiger partial charge >= 0.3 is 0 Å². The van der Waals surface area contributed by atoms with E-state index < -0.39 is 5.60 Å². The lowest BCUT2D eigenvalue weighted by molar-refractivity contribution is -0.120. The van der Waals surface area contributed by atoms with Crippen molar-refractivity contribution in [2.45, 2.75) is 32.3 Å². The quantitative estimate of drug-likeness (QED) is 0.857. The van der Waals surface area contributed by atoms with Crippen molar-refractivity contribution in [3.8, 4) is 11.1 Å². The Labute approximate surface area is 132 Å². The Morgan fingerprint density at radius 1 is 1.05 bits per heavy atom. The highest BCUT2D eigenvalue weighted by molar-refractivity contribution is 5.75. The summed E-state index contributed by atoms with van der Waals surface area (Å²) in [6.45, 7) is 4.07. The summed E-state index contributed by atoms with van der Waals surface area (Å²) in [5, 5.41) is 13.4. The van der Waals surface area contributed by atoms with Gasteiger partial charge in [0.05, 0.1) is 5.60 Å². The molecule has 1 unspecified atom stereocenters. The Kier molecular flexibility index (Phi) is 5.34. The van der Waals surface area contributed by atoms with Crippen molar-refractivity contribution in [3.63, 3.8) is 0 Å². The maximum absolute atomic E-state index is 11.2. The van der Waals surface area contributed by atoms with Crippen LogP contribution in [0.5, 0.6) is 0 Å². The van der Waals surface area contributed by atoms with Crippen molar-refractivity contribution in [3.05, 3.63) is 60.2 Å². The number of rotatable bonds is 6. The molecule has 0 heterocycles. The first kappa shape index (κ1) is 16.2. The van der Waals surface area contributed by atoms with Crippen molar-refractivity contribution < 1.29 is 9.90 Å². The van der Waals surface area contributed by atoms with Crippen molar-refractivity contribution in [1.29, 1.82) is 0 Å². The van der Waals surface area contributed by atoms with Gasteiger partial charge in [-0.2, -0.15) is 0 Å². The van der Waals surface area contributed by atoms with Gasteiger partial charge in [-0.15, -0.1) is 0 Å². The predicted octanol–water partition coefficient (Wildman–Crippen LogP) is 3.48. The zero-order valence-electron chi connectivity index (χ0n) is 13.2. The number of carbonyl (C=O) groups is 1. The number of nitrogens with one attached hydrogen (secondary N) is 1. The number of carbonyl (C=O) groups excluding carboxylic acids is 1. The molecule has 2 N–H and O–H groups in total. The SMILES string of the molecule is CCC(=O)NCCC(C)(O)c1ccc(-c2ccccc2)cc1. The number of amides is 1. The normalized spacial score (nSPS) is 13.4. The molecule has 0 radical (unpaired) electrons. The second-order valence-electron chi connectivity index (χ2n) is 5.67. The molecule has 0 bridgehead atoms. The minimum atomic E-state index is -0.948. The summed E-state index contributed by atoms with van der Waals surface area (Å²) in [6.07, 6.45) is 0.956. The van der Waals surface area contributed by atoms with Gasteiger partial charge in [-0.1, -0.05) is 61.5 Å². The first-order chi connectivity index (χ1) is 10.5. The average Bonchev–Trinajstić information content (AvgIpc) is 2.55. The van der Waals surface area contributed by atoms with E-state index in [1.54, 1.807) is 6.92 Å². The van der Waals surface area contributed by atoms with Crippen LogP contribution in [0.4, 0.5) is 0 Å². The zero-order valence-corrected chi connectivity index (χ0v) is 13.2. The smallest absolute Gasteiger partial charge is 0.219 e. The molecule has 22 heavy (non-hydrogen) atoms. The fraction of sp³-hybridized carbons (Fsp3) is 0.316. The lowest BCUT2D eigenvalue weighted by Crippen LogP contribution is -2.30. The Bertz CT molecular complexity index is 603. The highest BCUT2D eigenvalue weighted by Gasteiger charge is 2.22. The zero-order chi connectivity index (χ0) is 16.0. The van der Waals surface area contributed by atoms with Gasteiger partial charge in [-0.05, 0) is 30.0 Å². The molecule has 2 aromatic rings. The molecular formula is C19H23NO2. The van der Waals surface area contributed by atoms with Crippen LogP contribution in [0, 0.1) is 0 Å². The van der Waals surface area contributed by atoms with E-state index in [9.17, 15) is 9.90 Å². The molecule has 2 aromatic carbocycles. The highest BCUT2D eigenvalue weighted by atomic mass is 16.3. The van der Waals surface area contributed by atoms with Crippen molar-refractivity contribution in [1.82, 2.24) is 5.32 Å². The number of benzene rings is 2. The third-order valence-corrected chi connectivity index (χ3v) is 3.87. The molecular weight excluding hydrogens is 274 g/mol. The summed E-state index contributed by atoms with van der Waals surface area (Å²) in [6, 6.07) is 18.1. The van der Waals surface area contributed by atoms with Crippen LogP contribution in [0.2, 0.25) is 0 Å². The lowest BCUT2D eigenvalue weighted by atomic mass is 9.91. The molecule has 2 rings (SSSR count). The van der Waals surface area contributed by atoms with Crippen LogP contribution in [-0.4, -0.2) is 17.6 Å². The predicted molar refractivity (Wildman–Crippen MR) is 89.4 cm³/mol. The summed E-state index contributed by atoms with van der Waals surface area (Å²) >= 11 is 0. The summed E-state index contributed by atoms with van der Waals surface area (Å²) in [5.41, 5.74) is 2.19. The molecule has 3 nitrogen and oxygen atoms in total. The average molecular weight is 297 g/mol. The van der Waals surface area contributed by atoms with Gasteiger partial charge in [0.25, 0.3) is 0 Å². The fourth-order valence-corrected chi connectivity index (χ4v) is 2.37. The molecule has 0 aliphatic heterocycles. The summed E-state index contributed by atoms with van der Waals surface area (Å²) in [5.74, 6) is 0.00947. The van der Waals surface area contributed by atoms with Gasteiger partial charge < -0.3 is 10.4 Å². The first-order valence-corrected chi connectivity index (χ1v) is 7.68. The van der Waals surface area contributed by atoms with Gasteiger partial charge in [0.1, 0.15) is 0 Å². The molecule has 0 saturated heterocycles. The largest absolute Gasteiger partial charge is 0.385 e. The molecule has 1 atom stereocenters.